The van der Waals surface area contributed by atoms with Gasteiger partial charge in [-0.25, -0.2) is 9.78 Å². The Morgan fingerprint density at radius 2 is 1.96 bits per heavy atom. The van der Waals surface area contributed by atoms with Crippen molar-refractivity contribution in [2.45, 2.75) is 6.92 Å². The number of carboxylic acid groups (broad SMARTS) is 1. The summed E-state index contributed by atoms with van der Waals surface area (Å²) < 4.78 is 0. The highest BCUT2D eigenvalue weighted by Gasteiger charge is 2.16. The number of aryl methyl sites for hydroxylation is 1. The molecule has 0 fully saturated rings. The summed E-state index contributed by atoms with van der Waals surface area (Å²) in [7, 11) is 0. The third kappa shape index (κ3) is 4.20. The molecule has 0 saturated heterocycles. The van der Waals surface area contributed by atoms with Crippen molar-refractivity contribution in [2.75, 3.05) is 5.32 Å². The summed E-state index contributed by atoms with van der Waals surface area (Å²) >= 11 is 2.96. The van der Waals surface area contributed by atoms with Crippen molar-refractivity contribution in [3.63, 3.8) is 0 Å². The number of amides is 1. The van der Waals surface area contributed by atoms with E-state index >= 15 is 0 Å². The highest BCUT2D eigenvalue weighted by atomic mass is 32.1. The zero-order chi connectivity index (χ0) is 17.8. The highest BCUT2D eigenvalue weighted by molar-refractivity contribution is 7.17. The van der Waals surface area contributed by atoms with Crippen LogP contribution in [0.15, 0.2) is 47.2 Å². The monoisotopic (exact) mass is 370 g/mol. The molecule has 0 aliphatic carbocycles. The topological polar surface area (TPSA) is 79.3 Å². The van der Waals surface area contributed by atoms with Crippen LogP contribution in [0.25, 0.3) is 16.6 Å². The van der Waals surface area contributed by atoms with Gasteiger partial charge < -0.3 is 10.4 Å². The van der Waals surface area contributed by atoms with Crippen LogP contribution in [0.3, 0.4) is 0 Å². The van der Waals surface area contributed by atoms with E-state index in [-0.39, 0.29) is 5.91 Å². The lowest BCUT2D eigenvalue weighted by atomic mass is 10.2. The summed E-state index contributed by atoms with van der Waals surface area (Å²) in [5.74, 6) is -1.20. The van der Waals surface area contributed by atoms with Gasteiger partial charge in [0.2, 0.25) is 0 Å². The van der Waals surface area contributed by atoms with Gasteiger partial charge in [-0.05, 0) is 42.1 Å². The first kappa shape index (κ1) is 17.1. The van der Waals surface area contributed by atoms with Gasteiger partial charge in [-0.3, -0.25) is 4.79 Å². The van der Waals surface area contributed by atoms with Gasteiger partial charge >= 0.3 is 5.97 Å². The smallest absolute Gasteiger partial charge is 0.328 e. The minimum absolute atomic E-state index is 0.203. The van der Waals surface area contributed by atoms with Crippen molar-refractivity contribution in [1.82, 2.24) is 4.98 Å². The zero-order valence-electron chi connectivity index (χ0n) is 13.2. The fourth-order valence-corrected chi connectivity index (χ4v) is 3.82. The molecule has 7 heteroatoms. The number of thiazole rings is 1. The Morgan fingerprint density at radius 1 is 1.20 bits per heavy atom. The number of carbonyl (C=O) groups excluding carboxylic acids is 1. The molecular formula is C18H14N2O3S2. The molecule has 1 amide bonds. The van der Waals surface area contributed by atoms with Crippen LogP contribution < -0.4 is 5.32 Å². The van der Waals surface area contributed by atoms with Gasteiger partial charge in [-0.1, -0.05) is 12.1 Å². The molecule has 2 heterocycles. The number of carbonyl (C=O) groups is 2. The van der Waals surface area contributed by atoms with Crippen molar-refractivity contribution >= 4 is 46.3 Å². The van der Waals surface area contributed by atoms with E-state index < -0.39 is 5.97 Å². The molecule has 0 saturated carbocycles. The number of benzene rings is 1. The first-order chi connectivity index (χ1) is 12.0. The number of nitrogens with zero attached hydrogens (tertiary/aromatic N) is 1. The molecule has 126 valence electrons. The van der Waals surface area contributed by atoms with E-state index in [1.54, 1.807) is 35.6 Å². The van der Waals surface area contributed by atoms with Gasteiger partial charge in [0.15, 0.2) is 0 Å². The van der Waals surface area contributed by atoms with Crippen molar-refractivity contribution in [3.8, 4) is 10.6 Å². The zero-order valence-corrected chi connectivity index (χ0v) is 14.9. The Kier molecular flexibility index (Phi) is 5.06. The number of aliphatic carboxylic acids is 1. The molecule has 3 aromatic rings. The maximum Gasteiger partial charge on any atom is 0.328 e. The van der Waals surface area contributed by atoms with Crippen molar-refractivity contribution in [2.24, 2.45) is 0 Å². The molecule has 0 radical (unpaired) electrons. The first-order valence-electron chi connectivity index (χ1n) is 7.35. The van der Waals surface area contributed by atoms with Crippen LogP contribution in [0, 0.1) is 6.92 Å². The van der Waals surface area contributed by atoms with Crippen LogP contribution in [0.2, 0.25) is 0 Å². The molecule has 0 aliphatic rings. The van der Waals surface area contributed by atoms with Crippen LogP contribution >= 0.6 is 22.7 Å². The second-order valence-electron chi connectivity index (χ2n) is 5.19. The van der Waals surface area contributed by atoms with E-state index in [0.29, 0.717) is 16.3 Å². The Labute approximate surface area is 152 Å². The van der Waals surface area contributed by atoms with E-state index in [0.717, 1.165) is 22.2 Å². The molecule has 0 unspecified atom stereocenters. The molecule has 0 aliphatic heterocycles. The Bertz CT molecular complexity index is 926. The lowest BCUT2D eigenvalue weighted by Crippen LogP contribution is -2.11. The van der Waals surface area contributed by atoms with Crippen molar-refractivity contribution in [3.05, 3.63) is 63.3 Å². The summed E-state index contributed by atoms with van der Waals surface area (Å²) in [4.78, 5) is 28.1. The molecule has 2 N–H and O–H groups in total. The van der Waals surface area contributed by atoms with Crippen molar-refractivity contribution < 1.29 is 14.7 Å². The summed E-state index contributed by atoms with van der Waals surface area (Å²) in [6, 6.07) is 8.93. The second-order valence-corrected chi connectivity index (χ2v) is 6.97. The van der Waals surface area contributed by atoms with Crippen LogP contribution in [0.5, 0.6) is 0 Å². The molecule has 3 rings (SSSR count). The summed E-state index contributed by atoms with van der Waals surface area (Å²) in [6.45, 7) is 1.82. The number of hydrogen-bond donors (Lipinski definition) is 2. The van der Waals surface area contributed by atoms with E-state index in [4.69, 9.17) is 5.11 Å². The SMILES string of the molecule is Cc1nc(-c2ccsc2)sc1C(=O)Nc1ccc(/C=C/C(=O)O)cc1. The number of carboxylic acids is 1. The Hall–Kier alpha value is -2.77. The molecule has 0 atom stereocenters. The van der Waals surface area contributed by atoms with E-state index in [1.807, 2.05) is 23.8 Å². The number of anilines is 1. The highest BCUT2D eigenvalue weighted by Crippen LogP contribution is 2.29. The quantitative estimate of drug-likeness (QED) is 0.647. The molecule has 1 aromatic carbocycles. The number of aromatic nitrogens is 1. The summed E-state index contributed by atoms with van der Waals surface area (Å²) in [5, 5.41) is 16.3. The van der Waals surface area contributed by atoms with Crippen LogP contribution in [-0.4, -0.2) is 22.0 Å². The number of thiophene rings is 1. The third-order valence-electron chi connectivity index (χ3n) is 3.36. The van der Waals surface area contributed by atoms with Gasteiger partial charge in [-0.2, -0.15) is 11.3 Å². The van der Waals surface area contributed by atoms with Crippen molar-refractivity contribution in [1.29, 1.82) is 0 Å². The average Bonchev–Trinajstić information content (AvgIpc) is 3.23. The van der Waals surface area contributed by atoms with Gasteiger partial charge in [0.1, 0.15) is 9.88 Å². The number of hydrogen-bond acceptors (Lipinski definition) is 5. The largest absolute Gasteiger partial charge is 0.478 e. The van der Waals surface area contributed by atoms with Gasteiger partial charge in [-0.15, -0.1) is 11.3 Å². The predicted octanol–water partition coefficient (Wildman–Crippen LogP) is 4.53. The Morgan fingerprint density at radius 3 is 2.60 bits per heavy atom. The molecule has 2 aromatic heterocycles. The van der Waals surface area contributed by atoms with Gasteiger partial charge in [0.25, 0.3) is 5.91 Å². The molecule has 0 spiro atoms. The standard InChI is InChI=1S/C18H14N2O3S2/c1-11-16(25-18(19-11)13-8-9-24-10-13)17(23)20-14-5-2-12(3-6-14)4-7-15(21)22/h2-10H,1H3,(H,20,23)(H,21,22)/b7-4+. The van der Waals surface area contributed by atoms with Crippen LogP contribution in [-0.2, 0) is 4.79 Å². The molecular weight excluding hydrogens is 356 g/mol. The van der Waals surface area contributed by atoms with Crippen LogP contribution in [0.4, 0.5) is 5.69 Å². The average molecular weight is 370 g/mol. The molecule has 5 nitrogen and oxygen atoms in total. The minimum atomic E-state index is -1.00. The maximum atomic E-state index is 12.5. The van der Waals surface area contributed by atoms with Crippen LogP contribution in [0.1, 0.15) is 20.9 Å². The van der Waals surface area contributed by atoms with E-state index in [1.165, 1.54) is 17.4 Å². The van der Waals surface area contributed by atoms with E-state index in [2.05, 4.69) is 10.3 Å². The molecule has 25 heavy (non-hydrogen) atoms. The lowest BCUT2D eigenvalue weighted by Gasteiger charge is -2.04. The summed E-state index contributed by atoms with van der Waals surface area (Å²) in [5.41, 5.74) is 3.10. The minimum Gasteiger partial charge on any atom is -0.478 e. The normalized spacial score (nSPS) is 10.9. The maximum absolute atomic E-state index is 12.5. The first-order valence-corrected chi connectivity index (χ1v) is 9.11. The molecule has 0 bridgehead atoms. The van der Waals surface area contributed by atoms with Gasteiger partial charge in [0, 0.05) is 22.7 Å². The summed E-state index contributed by atoms with van der Waals surface area (Å²) in [6.07, 6.45) is 2.56. The third-order valence-corrected chi connectivity index (χ3v) is 5.25. The number of rotatable bonds is 5. The van der Waals surface area contributed by atoms with E-state index in [9.17, 15) is 9.59 Å². The van der Waals surface area contributed by atoms with Gasteiger partial charge in [0.05, 0.1) is 5.69 Å². The lowest BCUT2D eigenvalue weighted by molar-refractivity contribution is -0.131. The second kappa shape index (κ2) is 7.42. The Balaban J connectivity index is 1.73. The fraction of sp³-hybridized carbons (Fsp3) is 0.0556. The predicted molar refractivity (Wildman–Crippen MR) is 101 cm³/mol. The fourth-order valence-electron chi connectivity index (χ4n) is 2.15. The number of nitrogens with one attached hydrogen (secondary N) is 1.